The summed E-state index contributed by atoms with van der Waals surface area (Å²) in [6.07, 6.45) is 3.75. The Morgan fingerprint density at radius 2 is 2.24 bits per heavy atom. The monoisotopic (exact) mass is 259 g/mol. The number of carbonyl (C=O) groups excluding carboxylic acids is 1. The zero-order chi connectivity index (χ0) is 11.8. The Hall–Kier alpha value is -1.33. The Kier molecular flexibility index (Phi) is 8.09. The van der Waals surface area contributed by atoms with Crippen LogP contribution in [0.3, 0.4) is 0 Å². The fourth-order valence-electron chi connectivity index (χ4n) is 1.23. The van der Waals surface area contributed by atoms with Gasteiger partial charge >= 0.3 is 0 Å². The molecule has 0 unspecified atom stereocenters. The van der Waals surface area contributed by atoms with Crippen LogP contribution in [0.5, 0.6) is 0 Å². The number of rotatable bonds is 6. The Morgan fingerprint density at radius 1 is 1.47 bits per heavy atom. The number of ether oxygens (including phenoxy) is 1. The molecule has 0 atom stereocenters. The number of nitrogen functional groups attached to an aromatic ring is 1. The van der Waals surface area contributed by atoms with E-state index in [1.165, 1.54) is 0 Å². The minimum absolute atomic E-state index is 0. The number of amides is 1. The second-order valence-corrected chi connectivity index (χ2v) is 3.47. The molecule has 0 bridgehead atoms. The van der Waals surface area contributed by atoms with E-state index in [1.54, 1.807) is 25.4 Å². The molecule has 0 aliphatic carbocycles. The molecule has 0 aliphatic heterocycles. The van der Waals surface area contributed by atoms with Gasteiger partial charge in [-0.1, -0.05) is 0 Å². The summed E-state index contributed by atoms with van der Waals surface area (Å²) in [5.74, 6) is 0.431. The Balaban J connectivity index is 0.00000256. The topological polar surface area (TPSA) is 77.2 Å². The van der Waals surface area contributed by atoms with Crippen molar-refractivity contribution in [1.29, 1.82) is 0 Å². The molecule has 0 spiro atoms. The smallest absolute Gasteiger partial charge is 0.224 e. The van der Waals surface area contributed by atoms with E-state index in [4.69, 9.17) is 10.5 Å². The predicted molar refractivity (Wildman–Crippen MR) is 70.3 cm³/mol. The SMILES string of the molecule is COCCCCC(=O)Nc1ccc(N)nc1.Cl. The number of methoxy groups -OCH3 is 1. The summed E-state index contributed by atoms with van der Waals surface area (Å²) in [5.41, 5.74) is 6.11. The summed E-state index contributed by atoms with van der Waals surface area (Å²) in [7, 11) is 1.65. The molecule has 1 amide bonds. The van der Waals surface area contributed by atoms with E-state index >= 15 is 0 Å². The van der Waals surface area contributed by atoms with Gasteiger partial charge in [-0.25, -0.2) is 4.98 Å². The summed E-state index contributed by atoms with van der Waals surface area (Å²) in [4.78, 5) is 15.3. The van der Waals surface area contributed by atoms with Gasteiger partial charge in [0.25, 0.3) is 0 Å². The molecule has 0 aromatic carbocycles. The third kappa shape index (κ3) is 6.76. The highest BCUT2D eigenvalue weighted by atomic mass is 35.5. The maximum Gasteiger partial charge on any atom is 0.224 e. The average molecular weight is 260 g/mol. The molecule has 1 heterocycles. The molecule has 1 aromatic rings. The molecule has 0 aliphatic rings. The van der Waals surface area contributed by atoms with E-state index < -0.39 is 0 Å². The number of nitrogens with zero attached hydrogens (tertiary/aromatic N) is 1. The first kappa shape index (κ1) is 15.7. The van der Waals surface area contributed by atoms with E-state index in [0.29, 0.717) is 24.5 Å². The predicted octanol–water partition coefficient (Wildman–Crippen LogP) is 1.84. The van der Waals surface area contributed by atoms with Crippen molar-refractivity contribution in [2.75, 3.05) is 24.8 Å². The standard InChI is InChI=1S/C11H17N3O2.ClH/c1-16-7-3-2-4-11(15)14-9-5-6-10(12)13-8-9;/h5-6,8H,2-4,7H2,1H3,(H2,12,13)(H,14,15);1H. The fraction of sp³-hybridized carbons (Fsp3) is 0.455. The van der Waals surface area contributed by atoms with Gasteiger partial charge in [0.2, 0.25) is 5.91 Å². The first-order valence-corrected chi connectivity index (χ1v) is 5.22. The van der Waals surface area contributed by atoms with E-state index in [1.807, 2.05) is 0 Å². The number of aromatic nitrogens is 1. The van der Waals surface area contributed by atoms with Crippen LogP contribution < -0.4 is 11.1 Å². The van der Waals surface area contributed by atoms with Crippen LogP contribution in [0.2, 0.25) is 0 Å². The van der Waals surface area contributed by atoms with Crippen molar-refractivity contribution in [3.8, 4) is 0 Å². The summed E-state index contributed by atoms with van der Waals surface area (Å²) < 4.78 is 4.90. The molecular formula is C11H18ClN3O2. The number of hydrogen-bond donors (Lipinski definition) is 2. The summed E-state index contributed by atoms with van der Waals surface area (Å²) in [5, 5.41) is 2.75. The van der Waals surface area contributed by atoms with Gasteiger partial charge in [0.15, 0.2) is 0 Å². The minimum Gasteiger partial charge on any atom is -0.385 e. The first-order chi connectivity index (χ1) is 7.72. The maximum atomic E-state index is 11.4. The largest absolute Gasteiger partial charge is 0.385 e. The number of nitrogens with one attached hydrogen (secondary N) is 1. The lowest BCUT2D eigenvalue weighted by atomic mass is 10.2. The van der Waals surface area contributed by atoms with Crippen LogP contribution in [0.4, 0.5) is 11.5 Å². The van der Waals surface area contributed by atoms with Crippen molar-refractivity contribution >= 4 is 29.8 Å². The van der Waals surface area contributed by atoms with Gasteiger partial charge in [0.05, 0.1) is 11.9 Å². The first-order valence-electron chi connectivity index (χ1n) is 5.22. The molecule has 0 saturated carbocycles. The van der Waals surface area contributed by atoms with E-state index in [0.717, 1.165) is 12.8 Å². The third-order valence-electron chi connectivity index (χ3n) is 2.07. The van der Waals surface area contributed by atoms with Crippen molar-refractivity contribution in [2.45, 2.75) is 19.3 Å². The highest BCUT2D eigenvalue weighted by molar-refractivity contribution is 5.90. The molecule has 5 nitrogen and oxygen atoms in total. The van der Waals surface area contributed by atoms with Crippen LogP contribution in [0.25, 0.3) is 0 Å². The Labute approximate surface area is 107 Å². The fourth-order valence-corrected chi connectivity index (χ4v) is 1.23. The van der Waals surface area contributed by atoms with Crippen molar-refractivity contribution in [1.82, 2.24) is 4.98 Å². The maximum absolute atomic E-state index is 11.4. The van der Waals surface area contributed by atoms with Gasteiger partial charge in [0.1, 0.15) is 5.82 Å². The van der Waals surface area contributed by atoms with Gasteiger partial charge in [-0.3, -0.25) is 4.79 Å². The zero-order valence-corrected chi connectivity index (χ0v) is 10.6. The number of unbranched alkanes of at least 4 members (excludes halogenated alkanes) is 1. The van der Waals surface area contributed by atoms with Crippen molar-refractivity contribution < 1.29 is 9.53 Å². The highest BCUT2D eigenvalue weighted by Gasteiger charge is 2.02. The Bertz CT molecular complexity index is 330. The molecule has 17 heavy (non-hydrogen) atoms. The van der Waals surface area contributed by atoms with Gasteiger partial charge in [-0.2, -0.15) is 0 Å². The van der Waals surface area contributed by atoms with Crippen molar-refractivity contribution in [3.05, 3.63) is 18.3 Å². The number of halogens is 1. The molecule has 6 heteroatoms. The summed E-state index contributed by atoms with van der Waals surface area (Å²) >= 11 is 0. The average Bonchev–Trinajstić information content (AvgIpc) is 2.28. The van der Waals surface area contributed by atoms with Crippen LogP contribution in [0, 0.1) is 0 Å². The number of anilines is 2. The van der Waals surface area contributed by atoms with E-state index in [-0.39, 0.29) is 18.3 Å². The number of nitrogens with two attached hydrogens (primary N) is 1. The van der Waals surface area contributed by atoms with E-state index in [9.17, 15) is 4.79 Å². The molecule has 1 aromatic heterocycles. The van der Waals surface area contributed by atoms with Crippen LogP contribution in [0.1, 0.15) is 19.3 Å². The quantitative estimate of drug-likeness (QED) is 0.765. The van der Waals surface area contributed by atoms with Crippen LogP contribution in [-0.4, -0.2) is 24.6 Å². The molecule has 0 fully saturated rings. The lowest BCUT2D eigenvalue weighted by Crippen LogP contribution is -2.11. The molecule has 1 rings (SSSR count). The van der Waals surface area contributed by atoms with Crippen LogP contribution in [-0.2, 0) is 9.53 Å². The lowest BCUT2D eigenvalue weighted by molar-refractivity contribution is -0.116. The second-order valence-electron chi connectivity index (χ2n) is 3.47. The van der Waals surface area contributed by atoms with E-state index in [2.05, 4.69) is 10.3 Å². The molecule has 96 valence electrons. The minimum atomic E-state index is -0.0114. The van der Waals surface area contributed by atoms with Gasteiger partial charge in [-0.15, -0.1) is 12.4 Å². The van der Waals surface area contributed by atoms with Gasteiger partial charge in [-0.05, 0) is 25.0 Å². The molecule has 3 N–H and O–H groups in total. The second kappa shape index (κ2) is 8.78. The molecule has 0 radical (unpaired) electrons. The van der Waals surface area contributed by atoms with Crippen molar-refractivity contribution in [3.63, 3.8) is 0 Å². The molecular weight excluding hydrogens is 242 g/mol. The lowest BCUT2D eigenvalue weighted by Gasteiger charge is -2.04. The van der Waals surface area contributed by atoms with Crippen LogP contribution >= 0.6 is 12.4 Å². The van der Waals surface area contributed by atoms with Gasteiger partial charge in [0, 0.05) is 20.1 Å². The van der Waals surface area contributed by atoms with Crippen molar-refractivity contribution in [2.24, 2.45) is 0 Å². The highest BCUT2D eigenvalue weighted by Crippen LogP contribution is 2.08. The number of hydrogen-bond acceptors (Lipinski definition) is 4. The Morgan fingerprint density at radius 3 is 2.82 bits per heavy atom. The molecule has 0 saturated heterocycles. The number of pyridine rings is 1. The number of carbonyl (C=O) groups is 1. The third-order valence-corrected chi connectivity index (χ3v) is 2.07. The zero-order valence-electron chi connectivity index (χ0n) is 9.81. The summed E-state index contributed by atoms with van der Waals surface area (Å²) in [6, 6.07) is 3.38. The normalized spacial score (nSPS) is 9.47. The summed E-state index contributed by atoms with van der Waals surface area (Å²) in [6.45, 7) is 0.691. The van der Waals surface area contributed by atoms with Crippen LogP contribution in [0.15, 0.2) is 18.3 Å². The van der Waals surface area contributed by atoms with Gasteiger partial charge < -0.3 is 15.8 Å².